The minimum Gasteiger partial charge on any atom is -0.496 e. The van der Waals surface area contributed by atoms with Crippen LogP contribution < -0.4 is 15.2 Å². The Kier molecular flexibility index (Phi) is 4.13. The fourth-order valence-electron chi connectivity index (χ4n) is 3.51. The average molecular weight is 276 g/mol. The Hall–Kier alpha value is -1.26. The molecule has 0 bridgehead atoms. The minimum absolute atomic E-state index is 0.549. The van der Waals surface area contributed by atoms with Gasteiger partial charge < -0.3 is 20.1 Å². The molecule has 0 spiro atoms. The van der Waals surface area contributed by atoms with Gasteiger partial charge >= 0.3 is 0 Å². The lowest BCUT2D eigenvalue weighted by Gasteiger charge is -2.29. The number of fused-ring (bicyclic) bond motifs is 3. The maximum Gasteiger partial charge on any atom is 0.126 e. The van der Waals surface area contributed by atoms with Gasteiger partial charge in [-0.3, -0.25) is 0 Å². The molecule has 0 saturated carbocycles. The van der Waals surface area contributed by atoms with Crippen molar-refractivity contribution in [2.45, 2.75) is 18.8 Å². The molecule has 0 amide bonds. The van der Waals surface area contributed by atoms with Crippen LogP contribution in [-0.2, 0) is 0 Å². The predicted molar refractivity (Wildman–Crippen MR) is 79.4 cm³/mol. The van der Waals surface area contributed by atoms with Crippen molar-refractivity contribution in [3.63, 3.8) is 0 Å². The standard InChI is InChI=1S/C16H24N2O2/c1-19-14-5-4-6-15-16(14)13-10-18(8-3-2-7-17)9-12(13)11-20-15/h4-6,12-13H,2-3,7-11,17H2,1H3/t12-,13-/m0/s1. The molecule has 4 heteroatoms. The van der Waals surface area contributed by atoms with Crippen molar-refractivity contribution in [2.75, 3.05) is 39.9 Å². The van der Waals surface area contributed by atoms with Crippen molar-refractivity contribution in [3.05, 3.63) is 23.8 Å². The lowest BCUT2D eigenvalue weighted by molar-refractivity contribution is 0.209. The molecule has 0 unspecified atom stereocenters. The van der Waals surface area contributed by atoms with E-state index in [-0.39, 0.29) is 0 Å². The lowest BCUT2D eigenvalue weighted by atomic mass is 9.86. The highest BCUT2D eigenvalue weighted by atomic mass is 16.5. The molecule has 1 fully saturated rings. The van der Waals surface area contributed by atoms with Crippen LogP contribution >= 0.6 is 0 Å². The summed E-state index contributed by atoms with van der Waals surface area (Å²) in [6, 6.07) is 6.11. The number of nitrogens with two attached hydrogens (primary N) is 1. The second-order valence-electron chi connectivity index (χ2n) is 5.81. The SMILES string of the molecule is COc1cccc2c1[C@H]1CN(CCCCN)C[C@H]1CO2. The first-order chi connectivity index (χ1) is 9.83. The van der Waals surface area contributed by atoms with E-state index in [1.165, 1.54) is 12.0 Å². The zero-order valence-electron chi connectivity index (χ0n) is 12.2. The molecule has 0 radical (unpaired) electrons. The topological polar surface area (TPSA) is 47.7 Å². The van der Waals surface area contributed by atoms with E-state index in [4.69, 9.17) is 15.2 Å². The molecule has 2 aliphatic rings. The molecule has 1 saturated heterocycles. The Morgan fingerprint density at radius 1 is 1.35 bits per heavy atom. The highest BCUT2D eigenvalue weighted by molar-refractivity contribution is 5.49. The molecule has 3 rings (SSSR count). The van der Waals surface area contributed by atoms with Crippen LogP contribution in [-0.4, -0.2) is 44.8 Å². The summed E-state index contributed by atoms with van der Waals surface area (Å²) in [6.45, 7) is 5.02. The zero-order valence-corrected chi connectivity index (χ0v) is 12.2. The van der Waals surface area contributed by atoms with Gasteiger partial charge in [0.05, 0.1) is 13.7 Å². The third-order valence-corrected chi connectivity index (χ3v) is 4.51. The maximum absolute atomic E-state index is 5.93. The average Bonchev–Trinajstić information content (AvgIpc) is 2.89. The van der Waals surface area contributed by atoms with Crippen LogP contribution in [0.25, 0.3) is 0 Å². The fourth-order valence-corrected chi connectivity index (χ4v) is 3.51. The van der Waals surface area contributed by atoms with Crippen molar-refractivity contribution >= 4 is 0 Å². The molecule has 4 nitrogen and oxygen atoms in total. The van der Waals surface area contributed by atoms with Crippen molar-refractivity contribution in [2.24, 2.45) is 11.7 Å². The molecule has 2 atom stereocenters. The van der Waals surface area contributed by atoms with Crippen molar-refractivity contribution in [1.82, 2.24) is 4.90 Å². The van der Waals surface area contributed by atoms with Gasteiger partial charge in [-0.15, -0.1) is 0 Å². The molecule has 20 heavy (non-hydrogen) atoms. The summed E-state index contributed by atoms with van der Waals surface area (Å²) in [4.78, 5) is 2.55. The van der Waals surface area contributed by atoms with Crippen molar-refractivity contribution in [3.8, 4) is 11.5 Å². The quantitative estimate of drug-likeness (QED) is 0.834. The fraction of sp³-hybridized carbons (Fsp3) is 0.625. The van der Waals surface area contributed by atoms with Crippen LogP contribution in [0.2, 0.25) is 0 Å². The molecule has 2 N–H and O–H groups in total. The first kappa shape index (κ1) is 13.7. The van der Waals surface area contributed by atoms with E-state index in [1.807, 2.05) is 12.1 Å². The summed E-state index contributed by atoms with van der Waals surface area (Å²) in [5, 5.41) is 0. The summed E-state index contributed by atoms with van der Waals surface area (Å²) in [5.74, 6) is 3.12. The number of nitrogens with zero attached hydrogens (tertiary/aromatic N) is 1. The number of unbranched alkanes of at least 4 members (excludes halogenated alkanes) is 1. The second kappa shape index (κ2) is 6.02. The molecule has 2 aliphatic heterocycles. The van der Waals surface area contributed by atoms with Crippen LogP contribution in [0.5, 0.6) is 11.5 Å². The van der Waals surface area contributed by atoms with E-state index < -0.39 is 0 Å². The normalized spacial score (nSPS) is 24.9. The van der Waals surface area contributed by atoms with Gasteiger partial charge in [0.1, 0.15) is 11.5 Å². The van der Waals surface area contributed by atoms with Crippen molar-refractivity contribution < 1.29 is 9.47 Å². The molecular formula is C16H24N2O2. The van der Waals surface area contributed by atoms with E-state index in [0.717, 1.165) is 50.7 Å². The third kappa shape index (κ3) is 2.50. The highest BCUT2D eigenvalue weighted by Crippen LogP contribution is 2.45. The summed E-state index contributed by atoms with van der Waals surface area (Å²) in [6.07, 6.45) is 2.30. The molecular weight excluding hydrogens is 252 g/mol. The van der Waals surface area contributed by atoms with Gasteiger partial charge in [-0.1, -0.05) is 6.07 Å². The Balaban J connectivity index is 1.75. The monoisotopic (exact) mass is 276 g/mol. The largest absolute Gasteiger partial charge is 0.496 e. The molecule has 0 aromatic heterocycles. The summed E-state index contributed by atoms with van der Waals surface area (Å²) in [5.41, 5.74) is 6.85. The molecule has 1 aromatic rings. The van der Waals surface area contributed by atoms with Gasteiger partial charge in [-0.05, 0) is 38.1 Å². The van der Waals surface area contributed by atoms with Gasteiger partial charge in [0.15, 0.2) is 0 Å². The van der Waals surface area contributed by atoms with E-state index in [9.17, 15) is 0 Å². The van der Waals surface area contributed by atoms with Gasteiger partial charge in [0.2, 0.25) is 0 Å². The molecule has 0 aliphatic carbocycles. The van der Waals surface area contributed by atoms with Crippen LogP contribution in [0.4, 0.5) is 0 Å². The number of methoxy groups -OCH3 is 1. The van der Waals surface area contributed by atoms with Crippen LogP contribution in [0.1, 0.15) is 24.3 Å². The minimum atomic E-state index is 0.549. The van der Waals surface area contributed by atoms with Crippen molar-refractivity contribution in [1.29, 1.82) is 0 Å². The smallest absolute Gasteiger partial charge is 0.126 e. The number of rotatable bonds is 5. The molecule has 2 heterocycles. The number of benzene rings is 1. The third-order valence-electron chi connectivity index (χ3n) is 4.51. The van der Waals surface area contributed by atoms with E-state index >= 15 is 0 Å². The Bertz CT molecular complexity index is 450. The molecule has 110 valence electrons. The van der Waals surface area contributed by atoms with Gasteiger partial charge in [-0.2, -0.15) is 0 Å². The van der Waals surface area contributed by atoms with Gasteiger partial charge in [0, 0.05) is 30.5 Å². The lowest BCUT2D eigenvalue weighted by Crippen LogP contribution is -2.25. The Labute approximate surface area is 120 Å². The zero-order chi connectivity index (χ0) is 13.9. The van der Waals surface area contributed by atoms with Gasteiger partial charge in [-0.25, -0.2) is 0 Å². The predicted octanol–water partition coefficient (Wildman–Crippen LogP) is 1.84. The van der Waals surface area contributed by atoms with Crippen LogP contribution in [0.3, 0.4) is 0 Å². The summed E-state index contributed by atoms with van der Waals surface area (Å²) in [7, 11) is 1.74. The maximum atomic E-state index is 5.93. The van der Waals surface area contributed by atoms with E-state index in [2.05, 4.69) is 11.0 Å². The Morgan fingerprint density at radius 3 is 3.05 bits per heavy atom. The Morgan fingerprint density at radius 2 is 2.25 bits per heavy atom. The van der Waals surface area contributed by atoms with E-state index in [1.54, 1.807) is 7.11 Å². The molecule has 1 aromatic carbocycles. The second-order valence-corrected chi connectivity index (χ2v) is 5.81. The first-order valence-electron chi connectivity index (χ1n) is 7.55. The number of hydrogen-bond donors (Lipinski definition) is 1. The van der Waals surface area contributed by atoms with Crippen LogP contribution in [0.15, 0.2) is 18.2 Å². The summed E-state index contributed by atoms with van der Waals surface area (Å²) < 4.78 is 11.5. The highest BCUT2D eigenvalue weighted by Gasteiger charge is 2.40. The van der Waals surface area contributed by atoms with E-state index in [0.29, 0.717) is 11.8 Å². The number of hydrogen-bond acceptors (Lipinski definition) is 4. The van der Waals surface area contributed by atoms with Gasteiger partial charge in [0.25, 0.3) is 0 Å². The number of ether oxygens (including phenoxy) is 2. The summed E-state index contributed by atoms with van der Waals surface area (Å²) >= 11 is 0. The first-order valence-corrected chi connectivity index (χ1v) is 7.55. The van der Waals surface area contributed by atoms with Crippen LogP contribution in [0, 0.1) is 5.92 Å². The number of likely N-dealkylation sites (tertiary alicyclic amines) is 1.